The molecule has 0 aliphatic rings. The van der Waals surface area contributed by atoms with Gasteiger partial charge in [-0.25, -0.2) is 9.78 Å². The van der Waals surface area contributed by atoms with Crippen LogP contribution in [0.2, 0.25) is 5.02 Å². The summed E-state index contributed by atoms with van der Waals surface area (Å²) in [6.07, 6.45) is 0. The Morgan fingerprint density at radius 1 is 1.38 bits per heavy atom. The largest absolute Gasteiger partial charge is 0.495 e. The van der Waals surface area contributed by atoms with Gasteiger partial charge in [0.2, 0.25) is 0 Å². The molecule has 1 aromatic carbocycles. The minimum absolute atomic E-state index is 0.00580. The third-order valence-electron chi connectivity index (χ3n) is 2.21. The van der Waals surface area contributed by atoms with Crippen molar-refractivity contribution in [1.82, 2.24) is 4.98 Å². The second kappa shape index (κ2) is 3.98. The number of ether oxygens (including phenoxy) is 1. The molecule has 4 nitrogen and oxygen atoms in total. The van der Waals surface area contributed by atoms with E-state index in [-0.39, 0.29) is 5.69 Å². The van der Waals surface area contributed by atoms with Gasteiger partial charge in [0.05, 0.1) is 17.6 Å². The number of rotatable bonds is 2. The van der Waals surface area contributed by atoms with E-state index in [2.05, 4.69) is 4.98 Å². The molecule has 82 valence electrons. The van der Waals surface area contributed by atoms with Crippen molar-refractivity contribution in [2.24, 2.45) is 0 Å². The Kier molecular flexibility index (Phi) is 2.66. The summed E-state index contributed by atoms with van der Waals surface area (Å²) >= 11 is 6.06. The normalized spacial score (nSPS) is 10.4. The van der Waals surface area contributed by atoms with E-state index in [1.54, 1.807) is 18.2 Å². The van der Waals surface area contributed by atoms with E-state index >= 15 is 0 Å². The summed E-state index contributed by atoms with van der Waals surface area (Å²) in [6, 6.07) is 6.36. The molecule has 0 spiro atoms. The number of hydrogen-bond acceptors (Lipinski definition) is 3. The van der Waals surface area contributed by atoms with Gasteiger partial charge in [0.25, 0.3) is 0 Å². The van der Waals surface area contributed by atoms with Crippen LogP contribution in [0.25, 0.3) is 10.9 Å². The zero-order chi connectivity index (χ0) is 11.7. The zero-order valence-electron chi connectivity index (χ0n) is 8.40. The van der Waals surface area contributed by atoms with Crippen molar-refractivity contribution in [3.8, 4) is 5.75 Å². The first kappa shape index (κ1) is 10.7. The fraction of sp³-hybridized carbons (Fsp3) is 0.0909. The highest BCUT2D eigenvalue weighted by Crippen LogP contribution is 2.31. The summed E-state index contributed by atoms with van der Waals surface area (Å²) in [6.45, 7) is 0. The molecular formula is C11H8ClNO3. The van der Waals surface area contributed by atoms with Crippen molar-refractivity contribution in [3.05, 3.63) is 35.0 Å². The minimum atomic E-state index is -1.06. The first-order valence-corrected chi connectivity index (χ1v) is 4.88. The van der Waals surface area contributed by atoms with E-state index in [0.29, 0.717) is 21.7 Å². The van der Waals surface area contributed by atoms with Crippen molar-refractivity contribution < 1.29 is 14.6 Å². The molecule has 0 aliphatic carbocycles. The lowest BCUT2D eigenvalue weighted by Gasteiger charge is -2.06. The third kappa shape index (κ3) is 1.67. The molecular weight excluding hydrogens is 230 g/mol. The Bertz CT molecular complexity index is 568. The maximum Gasteiger partial charge on any atom is 0.354 e. The van der Waals surface area contributed by atoms with Crippen molar-refractivity contribution in [2.45, 2.75) is 0 Å². The number of methoxy groups -OCH3 is 1. The van der Waals surface area contributed by atoms with Crippen LogP contribution in [-0.2, 0) is 0 Å². The van der Waals surface area contributed by atoms with Crippen LogP contribution < -0.4 is 4.74 Å². The summed E-state index contributed by atoms with van der Waals surface area (Å²) in [5, 5.41) is 9.90. The molecule has 2 aromatic rings. The Balaban J connectivity index is 2.69. The second-order valence-corrected chi connectivity index (χ2v) is 3.53. The molecule has 0 aliphatic heterocycles. The number of fused-ring (bicyclic) bond motifs is 1. The van der Waals surface area contributed by atoms with E-state index in [1.807, 2.05) is 0 Å². The molecule has 0 bridgehead atoms. The van der Waals surface area contributed by atoms with Crippen molar-refractivity contribution in [2.75, 3.05) is 7.11 Å². The van der Waals surface area contributed by atoms with Crippen molar-refractivity contribution >= 4 is 28.5 Å². The smallest absolute Gasteiger partial charge is 0.354 e. The summed E-state index contributed by atoms with van der Waals surface area (Å²) in [5.74, 6) is -0.520. The first-order valence-electron chi connectivity index (χ1n) is 4.50. The van der Waals surface area contributed by atoms with Gasteiger partial charge in [-0.3, -0.25) is 0 Å². The minimum Gasteiger partial charge on any atom is -0.495 e. The first-order chi connectivity index (χ1) is 7.63. The highest BCUT2D eigenvalue weighted by Gasteiger charge is 2.10. The molecule has 0 unspecified atom stereocenters. The zero-order valence-corrected chi connectivity index (χ0v) is 9.15. The van der Waals surface area contributed by atoms with Gasteiger partial charge in [0.1, 0.15) is 11.4 Å². The van der Waals surface area contributed by atoms with Crippen LogP contribution >= 0.6 is 11.6 Å². The molecule has 1 N–H and O–H groups in total. The number of benzene rings is 1. The van der Waals surface area contributed by atoms with Gasteiger partial charge < -0.3 is 9.84 Å². The lowest BCUT2D eigenvalue weighted by molar-refractivity contribution is 0.0691. The molecule has 0 saturated heterocycles. The SMILES string of the molecule is COc1ccc2nc(C(=O)O)ccc2c1Cl. The summed E-state index contributed by atoms with van der Waals surface area (Å²) in [7, 11) is 1.52. The van der Waals surface area contributed by atoms with Gasteiger partial charge in [-0.15, -0.1) is 0 Å². The number of halogens is 1. The Morgan fingerprint density at radius 3 is 2.75 bits per heavy atom. The average molecular weight is 238 g/mol. The number of aromatic carboxylic acids is 1. The molecule has 5 heteroatoms. The van der Waals surface area contributed by atoms with Crippen LogP contribution in [0.5, 0.6) is 5.75 Å². The third-order valence-corrected chi connectivity index (χ3v) is 2.60. The Labute approximate surface area is 96.4 Å². The molecule has 0 radical (unpaired) electrons. The van der Waals surface area contributed by atoms with E-state index < -0.39 is 5.97 Å². The van der Waals surface area contributed by atoms with Crippen LogP contribution in [0.3, 0.4) is 0 Å². The van der Waals surface area contributed by atoms with E-state index in [4.69, 9.17) is 21.4 Å². The highest BCUT2D eigenvalue weighted by molar-refractivity contribution is 6.36. The lowest BCUT2D eigenvalue weighted by atomic mass is 10.2. The molecule has 1 heterocycles. The van der Waals surface area contributed by atoms with Gasteiger partial charge in [-0.1, -0.05) is 11.6 Å². The summed E-state index contributed by atoms with van der Waals surface area (Å²) in [4.78, 5) is 14.7. The summed E-state index contributed by atoms with van der Waals surface area (Å²) < 4.78 is 5.05. The molecule has 0 atom stereocenters. The maximum atomic E-state index is 10.7. The molecule has 2 rings (SSSR count). The predicted octanol–water partition coefficient (Wildman–Crippen LogP) is 2.60. The van der Waals surface area contributed by atoms with E-state index in [0.717, 1.165) is 0 Å². The number of aromatic nitrogens is 1. The highest BCUT2D eigenvalue weighted by atomic mass is 35.5. The molecule has 0 amide bonds. The van der Waals surface area contributed by atoms with Crippen molar-refractivity contribution in [1.29, 1.82) is 0 Å². The van der Waals surface area contributed by atoms with Crippen LogP contribution in [0.1, 0.15) is 10.5 Å². The molecule has 16 heavy (non-hydrogen) atoms. The Morgan fingerprint density at radius 2 is 2.12 bits per heavy atom. The molecule has 0 fully saturated rings. The number of carbonyl (C=O) groups is 1. The quantitative estimate of drug-likeness (QED) is 0.872. The van der Waals surface area contributed by atoms with Crippen LogP contribution in [0, 0.1) is 0 Å². The number of hydrogen-bond donors (Lipinski definition) is 1. The topological polar surface area (TPSA) is 59.4 Å². The lowest BCUT2D eigenvalue weighted by Crippen LogP contribution is -1.99. The maximum absolute atomic E-state index is 10.7. The Hall–Kier alpha value is -1.81. The van der Waals surface area contributed by atoms with Gasteiger partial charge in [0, 0.05) is 5.39 Å². The van der Waals surface area contributed by atoms with E-state index in [9.17, 15) is 4.79 Å². The number of pyridine rings is 1. The average Bonchev–Trinajstić information content (AvgIpc) is 2.29. The fourth-order valence-electron chi connectivity index (χ4n) is 1.42. The van der Waals surface area contributed by atoms with Gasteiger partial charge >= 0.3 is 5.97 Å². The van der Waals surface area contributed by atoms with Crippen LogP contribution in [-0.4, -0.2) is 23.2 Å². The monoisotopic (exact) mass is 237 g/mol. The van der Waals surface area contributed by atoms with Crippen LogP contribution in [0.15, 0.2) is 24.3 Å². The van der Waals surface area contributed by atoms with Gasteiger partial charge in [0.15, 0.2) is 0 Å². The van der Waals surface area contributed by atoms with Gasteiger partial charge in [-0.2, -0.15) is 0 Å². The van der Waals surface area contributed by atoms with Gasteiger partial charge in [-0.05, 0) is 24.3 Å². The second-order valence-electron chi connectivity index (χ2n) is 3.15. The van der Waals surface area contributed by atoms with E-state index in [1.165, 1.54) is 13.2 Å². The fourth-order valence-corrected chi connectivity index (χ4v) is 1.72. The number of nitrogens with zero attached hydrogens (tertiary/aromatic N) is 1. The predicted molar refractivity (Wildman–Crippen MR) is 60.3 cm³/mol. The van der Waals surface area contributed by atoms with Crippen molar-refractivity contribution in [3.63, 3.8) is 0 Å². The standard InChI is InChI=1S/C11H8ClNO3/c1-16-9-5-4-7-6(10(9)12)2-3-8(13-7)11(14)15/h2-5H,1H3,(H,14,15). The molecule has 1 aromatic heterocycles. The van der Waals surface area contributed by atoms with Crippen LogP contribution in [0.4, 0.5) is 0 Å². The molecule has 0 saturated carbocycles. The number of carboxylic acid groups (broad SMARTS) is 1. The summed E-state index contributed by atoms with van der Waals surface area (Å²) in [5.41, 5.74) is 0.527. The number of carboxylic acids is 1.